The predicted molar refractivity (Wildman–Crippen MR) is 101 cm³/mol. The number of hydrogen-bond acceptors (Lipinski definition) is 6. The molecule has 2 aliphatic rings. The summed E-state index contributed by atoms with van der Waals surface area (Å²) >= 11 is 0. The Hall–Kier alpha value is -3.69. The molecule has 0 spiro atoms. The van der Waals surface area contributed by atoms with Crippen LogP contribution in [0, 0.1) is 18.6 Å². The number of fused-ring (bicyclic) bond motifs is 1. The van der Waals surface area contributed by atoms with Crippen molar-refractivity contribution in [2.45, 2.75) is 25.6 Å². The van der Waals surface area contributed by atoms with Crippen molar-refractivity contribution in [3.8, 4) is 0 Å². The second-order valence-corrected chi connectivity index (χ2v) is 7.06. The summed E-state index contributed by atoms with van der Waals surface area (Å²) in [6, 6.07) is 8.13. The lowest BCUT2D eigenvalue weighted by Gasteiger charge is -2.20. The van der Waals surface area contributed by atoms with E-state index in [2.05, 4.69) is 15.7 Å². The number of aryl methyl sites for hydroxylation is 1. The van der Waals surface area contributed by atoms with E-state index >= 15 is 0 Å². The highest BCUT2D eigenvalue weighted by atomic mass is 19.2. The van der Waals surface area contributed by atoms with Gasteiger partial charge >= 0.3 is 0 Å². The van der Waals surface area contributed by atoms with Crippen LogP contribution < -0.4 is 10.2 Å². The SMILES string of the molecule is Cc1ccc(CNC(=O)CN2N=N[C@@H]3C(=O)N(c4ccc(F)c(F)c4)C(=O)[C@@H]32)cc1. The Labute approximate surface area is 170 Å². The largest absolute Gasteiger partial charge is 0.350 e. The number of carbonyl (C=O) groups is 3. The van der Waals surface area contributed by atoms with E-state index in [4.69, 9.17) is 0 Å². The minimum absolute atomic E-state index is 0.0997. The molecule has 2 aromatic rings. The summed E-state index contributed by atoms with van der Waals surface area (Å²) in [6.45, 7) is 1.98. The Balaban J connectivity index is 1.43. The van der Waals surface area contributed by atoms with Gasteiger partial charge in [-0.3, -0.25) is 19.4 Å². The van der Waals surface area contributed by atoms with Crippen molar-refractivity contribution in [1.82, 2.24) is 10.3 Å². The van der Waals surface area contributed by atoms with Gasteiger partial charge in [0, 0.05) is 12.6 Å². The fraction of sp³-hybridized carbons (Fsp3) is 0.250. The van der Waals surface area contributed by atoms with Crippen LogP contribution >= 0.6 is 0 Å². The first-order chi connectivity index (χ1) is 14.3. The third-order valence-electron chi connectivity index (χ3n) is 4.94. The molecule has 0 unspecified atom stereocenters. The van der Waals surface area contributed by atoms with Crippen LogP contribution in [-0.4, -0.2) is 41.4 Å². The van der Waals surface area contributed by atoms with Crippen LogP contribution in [0.5, 0.6) is 0 Å². The molecule has 8 nitrogen and oxygen atoms in total. The van der Waals surface area contributed by atoms with Gasteiger partial charge in [-0.2, -0.15) is 5.11 Å². The van der Waals surface area contributed by atoms with E-state index in [1.807, 2.05) is 31.2 Å². The zero-order valence-corrected chi connectivity index (χ0v) is 15.9. The quantitative estimate of drug-likeness (QED) is 0.758. The molecule has 0 saturated carbocycles. The Morgan fingerprint density at radius 3 is 2.50 bits per heavy atom. The lowest BCUT2D eigenvalue weighted by molar-refractivity contribution is -0.125. The molecule has 0 bridgehead atoms. The fourth-order valence-electron chi connectivity index (χ4n) is 3.34. The number of carbonyl (C=O) groups excluding carboxylic acids is 3. The van der Waals surface area contributed by atoms with E-state index in [1.54, 1.807) is 0 Å². The molecule has 30 heavy (non-hydrogen) atoms. The number of hydrogen-bond donors (Lipinski definition) is 1. The van der Waals surface area contributed by atoms with Crippen LogP contribution in [0.3, 0.4) is 0 Å². The summed E-state index contributed by atoms with van der Waals surface area (Å²) in [5, 5.41) is 11.4. The Morgan fingerprint density at radius 2 is 1.80 bits per heavy atom. The summed E-state index contributed by atoms with van der Waals surface area (Å²) in [5.74, 6) is -4.08. The second kappa shape index (κ2) is 7.62. The van der Waals surface area contributed by atoms with E-state index in [9.17, 15) is 23.2 Å². The standard InChI is InChI=1S/C20H17F2N5O3/c1-11-2-4-12(5-3-11)9-23-16(28)10-26-18-17(24-25-26)19(29)27(20(18)30)13-6-7-14(21)15(22)8-13/h2-8,17-18H,9-10H2,1H3,(H,23,28)/t17-,18+/m0/s1. The van der Waals surface area contributed by atoms with E-state index in [-0.39, 0.29) is 12.2 Å². The number of benzene rings is 2. The van der Waals surface area contributed by atoms with Gasteiger partial charge in [-0.1, -0.05) is 35.1 Å². The van der Waals surface area contributed by atoms with Gasteiger partial charge in [0.1, 0.15) is 6.54 Å². The molecule has 1 fully saturated rings. The van der Waals surface area contributed by atoms with Gasteiger partial charge in [0.25, 0.3) is 11.8 Å². The molecule has 0 aromatic heterocycles. The predicted octanol–water partition coefficient (Wildman–Crippen LogP) is 1.88. The number of imide groups is 1. The fourth-order valence-corrected chi connectivity index (χ4v) is 3.34. The van der Waals surface area contributed by atoms with Crippen molar-refractivity contribution in [3.05, 3.63) is 65.2 Å². The maximum Gasteiger partial charge on any atom is 0.263 e. The molecule has 2 aromatic carbocycles. The summed E-state index contributed by atoms with van der Waals surface area (Å²) in [7, 11) is 0. The maximum atomic E-state index is 13.5. The molecule has 154 valence electrons. The number of halogens is 2. The Kier molecular flexibility index (Phi) is 4.98. The van der Waals surface area contributed by atoms with Crippen molar-refractivity contribution in [3.63, 3.8) is 0 Å². The van der Waals surface area contributed by atoms with Crippen LogP contribution in [0.2, 0.25) is 0 Å². The van der Waals surface area contributed by atoms with Gasteiger partial charge < -0.3 is 5.32 Å². The van der Waals surface area contributed by atoms with Gasteiger partial charge in [0.2, 0.25) is 5.91 Å². The summed E-state index contributed by atoms with van der Waals surface area (Å²) in [4.78, 5) is 38.4. The number of amides is 3. The molecule has 3 amide bonds. The molecule has 2 heterocycles. The summed E-state index contributed by atoms with van der Waals surface area (Å²) < 4.78 is 26.7. The maximum absolute atomic E-state index is 13.5. The Bertz CT molecular complexity index is 1060. The lowest BCUT2D eigenvalue weighted by Crippen LogP contribution is -2.44. The first-order valence-electron chi connectivity index (χ1n) is 9.17. The molecule has 0 aliphatic carbocycles. The second-order valence-electron chi connectivity index (χ2n) is 7.06. The van der Waals surface area contributed by atoms with E-state index in [1.165, 1.54) is 0 Å². The molecule has 1 N–H and O–H groups in total. The first-order valence-corrected chi connectivity index (χ1v) is 9.17. The smallest absolute Gasteiger partial charge is 0.263 e. The number of anilines is 1. The van der Waals surface area contributed by atoms with Crippen LogP contribution in [0.15, 0.2) is 52.8 Å². The van der Waals surface area contributed by atoms with Gasteiger partial charge in [-0.15, -0.1) is 0 Å². The minimum atomic E-state index is -1.18. The molecule has 1 saturated heterocycles. The van der Waals surface area contributed by atoms with Gasteiger partial charge in [-0.05, 0) is 24.6 Å². The molecule has 2 aliphatic heterocycles. The molecule has 4 rings (SSSR count). The van der Waals surface area contributed by atoms with Crippen LogP contribution in [0.4, 0.5) is 14.5 Å². The van der Waals surface area contributed by atoms with Crippen molar-refractivity contribution in [2.75, 3.05) is 11.4 Å². The highest BCUT2D eigenvalue weighted by Gasteiger charge is 2.55. The topological polar surface area (TPSA) is 94.4 Å². The third kappa shape index (κ3) is 3.51. The molecular formula is C20H17F2N5O3. The van der Waals surface area contributed by atoms with Crippen molar-refractivity contribution < 1.29 is 23.2 Å². The van der Waals surface area contributed by atoms with Crippen LogP contribution in [0.1, 0.15) is 11.1 Å². The normalized spacial score (nSPS) is 20.1. The summed E-state index contributed by atoms with van der Waals surface area (Å²) in [5.41, 5.74) is 1.91. The molecular weight excluding hydrogens is 396 g/mol. The first kappa shape index (κ1) is 19.6. The molecule has 10 heteroatoms. The minimum Gasteiger partial charge on any atom is -0.350 e. The summed E-state index contributed by atoms with van der Waals surface area (Å²) in [6.07, 6.45) is 0. The number of nitrogens with zero attached hydrogens (tertiary/aromatic N) is 4. The molecule has 2 atom stereocenters. The average Bonchev–Trinajstić information content (AvgIpc) is 3.23. The number of nitrogens with one attached hydrogen (secondary N) is 1. The van der Waals surface area contributed by atoms with E-state index < -0.39 is 41.4 Å². The average molecular weight is 413 g/mol. The zero-order chi connectivity index (χ0) is 21.4. The van der Waals surface area contributed by atoms with E-state index in [0.717, 1.165) is 39.2 Å². The highest BCUT2D eigenvalue weighted by Crippen LogP contribution is 2.32. The van der Waals surface area contributed by atoms with Gasteiger partial charge in [-0.25, -0.2) is 13.7 Å². The zero-order valence-electron chi connectivity index (χ0n) is 15.9. The van der Waals surface area contributed by atoms with Crippen LogP contribution in [-0.2, 0) is 20.9 Å². The highest BCUT2D eigenvalue weighted by molar-refractivity contribution is 6.25. The van der Waals surface area contributed by atoms with Gasteiger partial charge in [0.05, 0.1) is 5.69 Å². The number of rotatable bonds is 5. The van der Waals surface area contributed by atoms with Crippen molar-refractivity contribution in [1.29, 1.82) is 0 Å². The van der Waals surface area contributed by atoms with Crippen molar-refractivity contribution >= 4 is 23.4 Å². The van der Waals surface area contributed by atoms with Crippen LogP contribution in [0.25, 0.3) is 0 Å². The third-order valence-corrected chi connectivity index (χ3v) is 4.94. The Morgan fingerprint density at radius 1 is 1.07 bits per heavy atom. The lowest BCUT2D eigenvalue weighted by atomic mass is 10.1. The molecule has 0 radical (unpaired) electrons. The van der Waals surface area contributed by atoms with Gasteiger partial charge in [0.15, 0.2) is 23.7 Å². The van der Waals surface area contributed by atoms with E-state index in [0.29, 0.717) is 6.54 Å². The van der Waals surface area contributed by atoms with Crippen molar-refractivity contribution in [2.24, 2.45) is 10.3 Å². The monoisotopic (exact) mass is 413 g/mol.